The third-order valence-corrected chi connectivity index (χ3v) is 8.45. The van der Waals surface area contributed by atoms with E-state index in [1.54, 1.807) is 20.0 Å². The van der Waals surface area contributed by atoms with E-state index in [0.29, 0.717) is 12.6 Å². The minimum atomic E-state index is -3.41. The Morgan fingerprint density at radius 1 is 1.18 bits per heavy atom. The summed E-state index contributed by atoms with van der Waals surface area (Å²) in [6.45, 7) is 6.05. The first-order valence-electron chi connectivity index (χ1n) is 10.5. The van der Waals surface area contributed by atoms with E-state index < -0.39 is 15.1 Å². The molecule has 2 atom stereocenters. The molecule has 1 aromatic carbocycles. The van der Waals surface area contributed by atoms with Crippen LogP contribution in [0.2, 0.25) is 0 Å². The summed E-state index contributed by atoms with van der Waals surface area (Å²) in [4.78, 5) is 6.95. The highest BCUT2D eigenvalue weighted by molar-refractivity contribution is 7.91. The van der Waals surface area contributed by atoms with Crippen LogP contribution in [0.5, 0.6) is 0 Å². The quantitative estimate of drug-likeness (QED) is 0.710. The summed E-state index contributed by atoms with van der Waals surface area (Å²) in [5.74, 6) is 0.818. The molecule has 1 aliphatic carbocycles. The predicted octanol–water partition coefficient (Wildman–Crippen LogP) is 3.68. The maximum Gasteiger partial charge on any atom is 0.228 e. The Bertz CT molecular complexity index is 905. The molecule has 2 heterocycles. The van der Waals surface area contributed by atoms with Crippen molar-refractivity contribution in [3.05, 3.63) is 47.8 Å². The number of fused-ring (bicyclic) bond motifs is 2. The first kappa shape index (κ1) is 19.6. The van der Waals surface area contributed by atoms with Gasteiger partial charge >= 0.3 is 0 Å². The van der Waals surface area contributed by atoms with Gasteiger partial charge in [-0.05, 0) is 51.0 Å². The minimum Gasteiger partial charge on any atom is -0.317 e. The molecule has 0 radical (unpaired) electrons. The Balaban J connectivity index is 1.61. The van der Waals surface area contributed by atoms with Gasteiger partial charge in [0.2, 0.25) is 15.0 Å². The maximum atomic E-state index is 12.9. The van der Waals surface area contributed by atoms with Crippen LogP contribution in [-0.2, 0) is 29.3 Å². The first-order chi connectivity index (χ1) is 13.4. The average Bonchev–Trinajstić information content (AvgIpc) is 3.21. The molecule has 2 fully saturated rings. The third kappa shape index (κ3) is 3.90. The van der Waals surface area contributed by atoms with Crippen LogP contribution >= 0.6 is 0 Å². The lowest BCUT2D eigenvalue weighted by Gasteiger charge is -2.25. The molecular formula is C22H31N3O2S. The van der Waals surface area contributed by atoms with E-state index in [2.05, 4.69) is 22.0 Å². The lowest BCUT2D eigenvalue weighted by atomic mass is 9.90. The van der Waals surface area contributed by atoms with Gasteiger partial charge < -0.3 is 4.57 Å². The first-order valence-corrected chi connectivity index (χ1v) is 12.1. The van der Waals surface area contributed by atoms with E-state index in [9.17, 15) is 8.42 Å². The standard InChI is InChI=1S/C22H31N3O2S/c1-17(2)28(26,27)22-23-14-21(16-24-15-19-9-6-10-20(24)13-19)25(22)12-11-18-7-4-3-5-8-18/h3-5,7-8,14,17,19-20H,6,9-13,15-16H2,1-2H3/t19-,20+/m1/s1. The summed E-state index contributed by atoms with van der Waals surface area (Å²) < 4.78 is 27.8. The van der Waals surface area contributed by atoms with Crippen LogP contribution < -0.4 is 0 Å². The molecule has 28 heavy (non-hydrogen) atoms. The van der Waals surface area contributed by atoms with Gasteiger partial charge in [0.05, 0.1) is 17.1 Å². The molecule has 152 valence electrons. The van der Waals surface area contributed by atoms with Gasteiger partial charge in [-0.2, -0.15) is 0 Å². The van der Waals surface area contributed by atoms with Crippen molar-refractivity contribution in [1.82, 2.24) is 14.5 Å². The number of imidazole rings is 1. The van der Waals surface area contributed by atoms with Crippen molar-refractivity contribution in [3.63, 3.8) is 0 Å². The molecule has 1 aliphatic heterocycles. The van der Waals surface area contributed by atoms with E-state index in [0.717, 1.165) is 31.1 Å². The Morgan fingerprint density at radius 3 is 2.68 bits per heavy atom. The minimum absolute atomic E-state index is 0.232. The number of nitrogens with zero attached hydrogens (tertiary/aromatic N) is 3. The number of rotatable bonds is 7. The number of aryl methyl sites for hydroxylation is 1. The summed E-state index contributed by atoms with van der Waals surface area (Å²) >= 11 is 0. The lowest BCUT2D eigenvalue weighted by Crippen LogP contribution is -2.30. The average molecular weight is 402 g/mol. The van der Waals surface area contributed by atoms with Gasteiger partial charge in [-0.1, -0.05) is 36.8 Å². The molecule has 0 spiro atoms. The fourth-order valence-electron chi connectivity index (χ4n) is 4.72. The fraction of sp³-hybridized carbons (Fsp3) is 0.591. The zero-order chi connectivity index (χ0) is 19.7. The molecule has 5 nitrogen and oxygen atoms in total. The number of sulfone groups is 1. The van der Waals surface area contributed by atoms with Crippen molar-refractivity contribution in [3.8, 4) is 0 Å². The van der Waals surface area contributed by atoms with Crippen LogP contribution in [0, 0.1) is 5.92 Å². The van der Waals surface area contributed by atoms with Gasteiger partial charge in [-0.3, -0.25) is 4.90 Å². The number of hydrogen-bond donors (Lipinski definition) is 0. The molecule has 2 aromatic rings. The normalized spacial score (nSPS) is 22.8. The van der Waals surface area contributed by atoms with Crippen LogP contribution in [0.4, 0.5) is 0 Å². The zero-order valence-corrected chi connectivity index (χ0v) is 17.7. The van der Waals surface area contributed by atoms with Crippen molar-refractivity contribution >= 4 is 9.84 Å². The van der Waals surface area contributed by atoms with Gasteiger partial charge in [-0.25, -0.2) is 13.4 Å². The molecule has 4 rings (SSSR count). The van der Waals surface area contributed by atoms with Gasteiger partial charge in [0.25, 0.3) is 0 Å². The van der Waals surface area contributed by atoms with Gasteiger partial charge in [0.15, 0.2) is 0 Å². The van der Waals surface area contributed by atoms with E-state index in [-0.39, 0.29) is 5.16 Å². The van der Waals surface area contributed by atoms with Crippen molar-refractivity contribution in [2.45, 2.75) is 75.5 Å². The predicted molar refractivity (Wildman–Crippen MR) is 111 cm³/mol. The van der Waals surface area contributed by atoms with Crippen molar-refractivity contribution in [2.24, 2.45) is 5.92 Å². The second-order valence-electron chi connectivity index (χ2n) is 8.63. The number of benzene rings is 1. The third-order valence-electron chi connectivity index (χ3n) is 6.37. The molecule has 0 N–H and O–H groups in total. The van der Waals surface area contributed by atoms with Gasteiger partial charge in [0.1, 0.15) is 0 Å². The van der Waals surface area contributed by atoms with Crippen molar-refractivity contribution in [1.29, 1.82) is 0 Å². The summed E-state index contributed by atoms with van der Waals surface area (Å²) in [5.41, 5.74) is 2.25. The second-order valence-corrected chi connectivity index (χ2v) is 11.0. The largest absolute Gasteiger partial charge is 0.317 e. The van der Waals surface area contributed by atoms with Crippen molar-refractivity contribution in [2.75, 3.05) is 6.54 Å². The molecular weight excluding hydrogens is 370 g/mol. The smallest absolute Gasteiger partial charge is 0.228 e. The van der Waals surface area contributed by atoms with E-state index in [4.69, 9.17) is 0 Å². The Morgan fingerprint density at radius 2 is 1.96 bits per heavy atom. The monoisotopic (exact) mass is 401 g/mol. The number of likely N-dealkylation sites (tertiary alicyclic amines) is 1. The molecule has 1 saturated heterocycles. The Hall–Kier alpha value is -1.66. The van der Waals surface area contributed by atoms with Crippen LogP contribution in [0.3, 0.4) is 0 Å². The van der Waals surface area contributed by atoms with Crippen molar-refractivity contribution < 1.29 is 8.42 Å². The van der Waals surface area contributed by atoms with Crippen LogP contribution in [0.15, 0.2) is 41.7 Å². The highest BCUT2D eigenvalue weighted by Gasteiger charge is 2.36. The molecule has 1 aromatic heterocycles. The summed E-state index contributed by atoms with van der Waals surface area (Å²) in [7, 11) is -3.41. The van der Waals surface area contributed by atoms with Gasteiger partial charge in [-0.15, -0.1) is 0 Å². The van der Waals surface area contributed by atoms with Crippen LogP contribution in [0.25, 0.3) is 0 Å². The number of aromatic nitrogens is 2. The Labute approximate surface area is 168 Å². The Kier molecular flexibility index (Phi) is 5.61. The summed E-state index contributed by atoms with van der Waals surface area (Å²) in [6, 6.07) is 10.9. The lowest BCUT2D eigenvalue weighted by molar-refractivity contribution is 0.230. The van der Waals surface area contributed by atoms with Crippen LogP contribution in [0.1, 0.15) is 50.8 Å². The molecule has 6 heteroatoms. The highest BCUT2D eigenvalue weighted by atomic mass is 32.2. The maximum absolute atomic E-state index is 12.9. The summed E-state index contributed by atoms with van der Waals surface area (Å²) in [5, 5.41) is -0.236. The topological polar surface area (TPSA) is 55.2 Å². The van der Waals surface area contributed by atoms with Gasteiger partial charge in [0, 0.05) is 25.7 Å². The molecule has 2 bridgehead atoms. The second kappa shape index (κ2) is 7.99. The molecule has 0 unspecified atom stereocenters. The fourth-order valence-corrected chi connectivity index (χ4v) is 5.86. The molecule has 2 aliphatic rings. The molecule has 0 amide bonds. The zero-order valence-electron chi connectivity index (χ0n) is 16.9. The van der Waals surface area contributed by atoms with Crippen LogP contribution in [-0.4, -0.2) is 40.7 Å². The summed E-state index contributed by atoms with van der Waals surface area (Å²) in [6.07, 6.45) is 7.83. The van der Waals surface area contributed by atoms with E-state index in [1.165, 1.54) is 31.2 Å². The van der Waals surface area contributed by atoms with E-state index in [1.807, 2.05) is 22.8 Å². The highest BCUT2D eigenvalue weighted by Crippen LogP contribution is 2.36. The van der Waals surface area contributed by atoms with E-state index >= 15 is 0 Å². The molecule has 1 saturated carbocycles. The number of hydrogen-bond acceptors (Lipinski definition) is 4. The SMILES string of the molecule is CC(C)S(=O)(=O)c1ncc(CN2C[C@@H]3CCC[C@H]2C3)n1CCc1ccccc1.